The highest BCUT2D eigenvalue weighted by atomic mass is 19.3. The molecule has 2 saturated heterocycles. The van der Waals surface area contributed by atoms with E-state index in [-0.39, 0.29) is 11.7 Å². The molecule has 0 aliphatic carbocycles. The summed E-state index contributed by atoms with van der Waals surface area (Å²) in [6.45, 7) is 3.66. The fraction of sp³-hybridized carbons (Fsp3) is 0.818. The third-order valence-electron chi connectivity index (χ3n) is 3.03. The van der Waals surface area contributed by atoms with Crippen LogP contribution in [0.5, 0.6) is 0 Å². The lowest BCUT2D eigenvalue weighted by molar-refractivity contribution is -0.156. The molecule has 2 amide bonds. The smallest absolute Gasteiger partial charge is 0.432 e. The van der Waals surface area contributed by atoms with Gasteiger partial charge in [0.05, 0.1) is 19.2 Å². The van der Waals surface area contributed by atoms with Crippen molar-refractivity contribution in [2.24, 2.45) is 0 Å². The van der Waals surface area contributed by atoms with Gasteiger partial charge in [-0.3, -0.25) is 9.74 Å². The van der Waals surface area contributed by atoms with Gasteiger partial charge in [0.2, 0.25) is 0 Å². The Balaban J connectivity index is 2.20. The number of amides is 2. The number of carboxylic acid groups (broad SMARTS) is 1. The first-order chi connectivity index (χ1) is 9.03. The molecule has 114 valence electrons. The Kier molecular flexibility index (Phi) is 3.28. The van der Waals surface area contributed by atoms with Gasteiger partial charge in [-0.1, -0.05) is 0 Å². The molecule has 2 heterocycles. The topological polar surface area (TPSA) is 79.3 Å². The van der Waals surface area contributed by atoms with Crippen LogP contribution in [0.1, 0.15) is 20.8 Å². The van der Waals surface area contributed by atoms with E-state index in [2.05, 4.69) is 0 Å². The van der Waals surface area contributed by atoms with Crippen LogP contribution in [-0.4, -0.2) is 64.0 Å². The van der Waals surface area contributed by atoms with Crippen molar-refractivity contribution in [2.45, 2.75) is 44.4 Å². The molecule has 0 aromatic heterocycles. The van der Waals surface area contributed by atoms with Crippen LogP contribution in [-0.2, 0) is 9.57 Å². The summed E-state index contributed by atoms with van der Waals surface area (Å²) < 4.78 is 32.9. The van der Waals surface area contributed by atoms with E-state index >= 15 is 0 Å². The quantitative estimate of drug-likeness (QED) is 0.733. The van der Waals surface area contributed by atoms with Crippen molar-refractivity contribution in [3.05, 3.63) is 0 Å². The molecular formula is C11H16F2N2O5. The van der Waals surface area contributed by atoms with Crippen molar-refractivity contribution in [3.8, 4) is 0 Å². The molecule has 7 nitrogen and oxygen atoms in total. The van der Waals surface area contributed by atoms with Crippen LogP contribution in [0.15, 0.2) is 0 Å². The Morgan fingerprint density at radius 2 is 2.00 bits per heavy atom. The van der Waals surface area contributed by atoms with Gasteiger partial charge in [-0.05, 0) is 20.8 Å². The fourth-order valence-electron chi connectivity index (χ4n) is 2.33. The number of hydrogen-bond donors (Lipinski definition) is 1. The lowest BCUT2D eigenvalue weighted by Gasteiger charge is -2.26. The first-order valence-electron chi connectivity index (χ1n) is 6.05. The second-order valence-corrected chi connectivity index (χ2v) is 5.79. The van der Waals surface area contributed by atoms with Crippen LogP contribution in [0.4, 0.5) is 18.4 Å². The maximum Gasteiger partial charge on any atom is 0.432 e. The van der Waals surface area contributed by atoms with Gasteiger partial charge in [0.25, 0.3) is 5.92 Å². The number of nitrogens with zero attached hydrogens (tertiary/aromatic N) is 2. The molecule has 2 aliphatic rings. The molecule has 0 bridgehead atoms. The van der Waals surface area contributed by atoms with Crippen LogP contribution in [0.25, 0.3) is 0 Å². The van der Waals surface area contributed by atoms with Gasteiger partial charge in [-0.2, -0.15) is 5.06 Å². The molecule has 0 aromatic rings. The van der Waals surface area contributed by atoms with E-state index in [1.165, 1.54) is 0 Å². The number of carbonyl (C=O) groups excluding carboxylic acids is 1. The number of alkyl halides is 2. The monoisotopic (exact) mass is 294 g/mol. The van der Waals surface area contributed by atoms with Gasteiger partial charge in [0, 0.05) is 0 Å². The van der Waals surface area contributed by atoms with Crippen LogP contribution >= 0.6 is 0 Å². The number of fused-ring (bicyclic) bond motifs is 1. The molecule has 0 radical (unpaired) electrons. The number of carbonyl (C=O) groups is 2. The summed E-state index contributed by atoms with van der Waals surface area (Å²) in [4.78, 5) is 28.4. The van der Waals surface area contributed by atoms with E-state index in [9.17, 15) is 18.4 Å². The van der Waals surface area contributed by atoms with E-state index in [1.807, 2.05) is 0 Å². The summed E-state index contributed by atoms with van der Waals surface area (Å²) in [5.74, 6) is -3.38. The Morgan fingerprint density at radius 1 is 1.40 bits per heavy atom. The maximum atomic E-state index is 13.9. The van der Waals surface area contributed by atoms with Gasteiger partial charge >= 0.3 is 12.2 Å². The number of likely N-dealkylation sites (tertiary alicyclic amines) is 1. The highest BCUT2D eigenvalue weighted by Crippen LogP contribution is 2.40. The summed E-state index contributed by atoms with van der Waals surface area (Å²) in [6.07, 6.45) is -2.51. The van der Waals surface area contributed by atoms with Crippen LogP contribution in [0, 0.1) is 0 Å². The van der Waals surface area contributed by atoms with E-state index < -0.39 is 42.3 Å². The predicted octanol–water partition coefficient (Wildman–Crippen LogP) is 1.53. The number of halogens is 2. The van der Waals surface area contributed by atoms with Gasteiger partial charge in [-0.15, -0.1) is 0 Å². The van der Waals surface area contributed by atoms with E-state index in [0.29, 0.717) is 0 Å². The normalized spacial score (nSPS) is 28.4. The minimum Gasteiger partial charge on any atom is -0.463 e. The van der Waals surface area contributed by atoms with E-state index in [4.69, 9.17) is 14.7 Å². The van der Waals surface area contributed by atoms with E-state index in [1.54, 1.807) is 20.8 Å². The average Bonchev–Trinajstić information content (AvgIpc) is 2.76. The van der Waals surface area contributed by atoms with Crippen molar-refractivity contribution in [1.29, 1.82) is 0 Å². The van der Waals surface area contributed by atoms with Gasteiger partial charge in [0.1, 0.15) is 5.60 Å². The number of hydrogen-bond acceptors (Lipinski definition) is 4. The zero-order chi connectivity index (χ0) is 15.3. The highest BCUT2D eigenvalue weighted by molar-refractivity contribution is 5.71. The van der Waals surface area contributed by atoms with Crippen LogP contribution in [0.3, 0.4) is 0 Å². The lowest BCUT2D eigenvalue weighted by Crippen LogP contribution is -2.47. The van der Waals surface area contributed by atoms with Crippen molar-refractivity contribution in [2.75, 3.05) is 13.2 Å². The predicted molar refractivity (Wildman–Crippen MR) is 61.3 cm³/mol. The van der Waals surface area contributed by atoms with Crippen molar-refractivity contribution < 1.29 is 33.1 Å². The van der Waals surface area contributed by atoms with Gasteiger partial charge in [0.15, 0.2) is 6.04 Å². The first-order valence-corrected chi connectivity index (χ1v) is 6.05. The summed E-state index contributed by atoms with van der Waals surface area (Å²) >= 11 is 0. The third-order valence-corrected chi connectivity index (χ3v) is 3.03. The molecule has 0 aromatic carbocycles. The molecule has 2 fully saturated rings. The molecule has 2 unspecified atom stereocenters. The Morgan fingerprint density at radius 3 is 2.50 bits per heavy atom. The van der Waals surface area contributed by atoms with Crippen molar-refractivity contribution in [1.82, 2.24) is 9.96 Å². The zero-order valence-corrected chi connectivity index (χ0v) is 11.3. The standard InChI is InChI=1S/C11H16F2N2O5/c1-10(2,3)20-9(18)14-5-11(12,13)7-6(14)4-19-15(7)8(16)17/h6-7H,4-5H2,1-3H3,(H,16,17). The Hall–Kier alpha value is -1.64. The third kappa shape index (κ3) is 2.49. The summed E-state index contributed by atoms with van der Waals surface area (Å²) in [5, 5.41) is 9.05. The number of hydroxylamine groups is 2. The van der Waals surface area contributed by atoms with Crippen molar-refractivity contribution in [3.63, 3.8) is 0 Å². The fourth-order valence-corrected chi connectivity index (χ4v) is 2.33. The SMILES string of the molecule is CC(C)(C)OC(=O)N1CC(F)(F)C2C1CON2C(=O)O. The van der Waals surface area contributed by atoms with Gasteiger partial charge in [-0.25, -0.2) is 18.4 Å². The Labute approximate surface area is 114 Å². The first kappa shape index (κ1) is 14.8. The number of ether oxygens (including phenoxy) is 1. The molecular weight excluding hydrogens is 278 g/mol. The van der Waals surface area contributed by atoms with Crippen LogP contribution < -0.4 is 0 Å². The highest BCUT2D eigenvalue weighted by Gasteiger charge is 2.64. The van der Waals surface area contributed by atoms with E-state index in [0.717, 1.165) is 4.90 Å². The molecule has 20 heavy (non-hydrogen) atoms. The average molecular weight is 294 g/mol. The zero-order valence-electron chi connectivity index (χ0n) is 11.3. The molecule has 2 rings (SSSR count). The molecule has 0 spiro atoms. The molecule has 9 heteroatoms. The molecule has 2 atom stereocenters. The molecule has 1 N–H and O–H groups in total. The van der Waals surface area contributed by atoms with Crippen LogP contribution in [0.2, 0.25) is 0 Å². The summed E-state index contributed by atoms with van der Waals surface area (Å²) in [6, 6.07) is -2.75. The minimum atomic E-state index is -3.38. The Bertz CT molecular complexity index is 437. The second kappa shape index (κ2) is 4.44. The maximum absolute atomic E-state index is 13.9. The second-order valence-electron chi connectivity index (χ2n) is 5.79. The minimum absolute atomic E-state index is 0.217. The lowest BCUT2D eigenvalue weighted by atomic mass is 10.1. The van der Waals surface area contributed by atoms with Gasteiger partial charge < -0.3 is 9.84 Å². The number of rotatable bonds is 0. The summed E-state index contributed by atoms with van der Waals surface area (Å²) in [7, 11) is 0. The molecule has 0 saturated carbocycles. The summed E-state index contributed by atoms with van der Waals surface area (Å²) in [5.41, 5.74) is -0.823. The van der Waals surface area contributed by atoms with Crippen molar-refractivity contribution >= 4 is 12.2 Å². The largest absolute Gasteiger partial charge is 0.463 e. The molecule has 2 aliphatic heterocycles.